The molecule has 0 rings (SSSR count). The Bertz CT molecular complexity index is 799. The maximum absolute atomic E-state index is 12.5. The van der Waals surface area contributed by atoms with Crippen molar-refractivity contribution in [3.63, 3.8) is 0 Å². The number of aliphatic hydroxyl groups excluding tert-OH is 2. The highest BCUT2D eigenvalue weighted by molar-refractivity contribution is 5.76. The maximum atomic E-state index is 12.5. The zero-order chi connectivity index (χ0) is 42.1. The minimum atomic E-state index is -0.656. The topological polar surface area (TPSA) is 69.6 Å². The van der Waals surface area contributed by atoms with Gasteiger partial charge in [0.15, 0.2) is 0 Å². The van der Waals surface area contributed by atoms with E-state index in [0.29, 0.717) is 12.8 Å². The van der Waals surface area contributed by atoms with E-state index in [9.17, 15) is 15.0 Å². The average Bonchev–Trinajstić information content (AvgIpc) is 3.23. The summed E-state index contributed by atoms with van der Waals surface area (Å²) in [5.41, 5.74) is 0. The highest BCUT2D eigenvalue weighted by Gasteiger charge is 2.20. The van der Waals surface area contributed by atoms with Gasteiger partial charge >= 0.3 is 0 Å². The first kappa shape index (κ1) is 57.1. The van der Waals surface area contributed by atoms with Crippen LogP contribution in [0.5, 0.6) is 0 Å². The fourth-order valence-corrected chi connectivity index (χ4v) is 8.65. The molecule has 0 aliphatic heterocycles. The van der Waals surface area contributed by atoms with Gasteiger partial charge in [-0.1, -0.05) is 276 Å². The molecule has 2 atom stereocenters. The molecule has 0 heterocycles. The van der Waals surface area contributed by atoms with Crippen LogP contribution in [0.3, 0.4) is 0 Å². The van der Waals surface area contributed by atoms with E-state index in [4.69, 9.17) is 0 Å². The second kappa shape index (κ2) is 50.5. The average molecular weight is 818 g/mol. The largest absolute Gasteiger partial charge is 0.394 e. The summed E-state index contributed by atoms with van der Waals surface area (Å²) in [7, 11) is 0. The number of nitrogens with one attached hydrogen (secondary N) is 1. The van der Waals surface area contributed by atoms with Gasteiger partial charge in [0.25, 0.3) is 0 Å². The van der Waals surface area contributed by atoms with Crippen LogP contribution in [0.25, 0.3) is 0 Å². The third-order valence-corrected chi connectivity index (χ3v) is 12.8. The lowest BCUT2D eigenvalue weighted by Gasteiger charge is -2.22. The first-order chi connectivity index (χ1) is 28.7. The third kappa shape index (κ3) is 46.2. The molecule has 0 fully saturated rings. The van der Waals surface area contributed by atoms with E-state index in [2.05, 4.69) is 31.3 Å². The molecule has 0 spiro atoms. The van der Waals surface area contributed by atoms with Gasteiger partial charge in [-0.2, -0.15) is 0 Å². The van der Waals surface area contributed by atoms with Gasteiger partial charge in [-0.05, 0) is 38.5 Å². The molecule has 3 N–H and O–H groups in total. The molecule has 0 aromatic heterocycles. The van der Waals surface area contributed by atoms with Crippen LogP contribution in [0.15, 0.2) is 12.2 Å². The molecule has 0 aliphatic carbocycles. The maximum Gasteiger partial charge on any atom is 0.220 e. The molecule has 0 saturated carbocycles. The Labute approximate surface area is 365 Å². The van der Waals surface area contributed by atoms with E-state index in [1.807, 2.05) is 0 Å². The molecule has 0 aromatic rings. The van der Waals surface area contributed by atoms with Crippen LogP contribution in [0, 0.1) is 0 Å². The van der Waals surface area contributed by atoms with Crippen molar-refractivity contribution >= 4 is 5.91 Å². The Hall–Kier alpha value is -0.870. The number of allylic oxidation sites excluding steroid dienone is 2. The highest BCUT2D eigenvalue weighted by atomic mass is 16.3. The van der Waals surface area contributed by atoms with Crippen molar-refractivity contribution < 1.29 is 15.0 Å². The molecule has 0 radical (unpaired) electrons. The molecule has 2 unspecified atom stereocenters. The van der Waals surface area contributed by atoms with Crippen LogP contribution in [-0.4, -0.2) is 34.9 Å². The first-order valence-electron chi connectivity index (χ1n) is 26.9. The van der Waals surface area contributed by atoms with E-state index in [-0.39, 0.29) is 12.5 Å². The van der Waals surface area contributed by atoms with Crippen LogP contribution in [0.1, 0.15) is 309 Å². The molecule has 1 amide bonds. The normalized spacial score (nSPS) is 12.8. The second-order valence-corrected chi connectivity index (χ2v) is 18.7. The summed E-state index contributed by atoms with van der Waals surface area (Å²) in [6.07, 6.45) is 64.7. The lowest BCUT2D eigenvalue weighted by molar-refractivity contribution is -0.123. The van der Waals surface area contributed by atoms with Gasteiger partial charge in [-0.25, -0.2) is 0 Å². The zero-order valence-electron chi connectivity index (χ0n) is 39.8. The van der Waals surface area contributed by atoms with Crippen LogP contribution in [0.4, 0.5) is 0 Å². The van der Waals surface area contributed by atoms with Crippen molar-refractivity contribution in [1.29, 1.82) is 0 Å². The van der Waals surface area contributed by atoms with Crippen molar-refractivity contribution in [2.75, 3.05) is 6.61 Å². The molecule has 0 saturated heterocycles. The predicted octanol–water partition coefficient (Wildman–Crippen LogP) is 17.4. The summed E-state index contributed by atoms with van der Waals surface area (Å²) in [6, 6.07) is -0.532. The van der Waals surface area contributed by atoms with Crippen LogP contribution >= 0.6 is 0 Å². The molecule has 4 heteroatoms. The third-order valence-electron chi connectivity index (χ3n) is 12.8. The summed E-state index contributed by atoms with van der Waals surface area (Å²) < 4.78 is 0. The van der Waals surface area contributed by atoms with Gasteiger partial charge in [0.05, 0.1) is 18.8 Å². The monoisotopic (exact) mass is 818 g/mol. The number of hydrogen-bond donors (Lipinski definition) is 3. The highest BCUT2D eigenvalue weighted by Crippen LogP contribution is 2.17. The molecule has 4 nitrogen and oxygen atoms in total. The van der Waals surface area contributed by atoms with Gasteiger partial charge in [0.2, 0.25) is 5.91 Å². The van der Waals surface area contributed by atoms with Crippen molar-refractivity contribution in [2.45, 2.75) is 321 Å². The Balaban J connectivity index is 3.41. The summed E-state index contributed by atoms with van der Waals surface area (Å²) in [4.78, 5) is 12.5. The van der Waals surface area contributed by atoms with Crippen LogP contribution < -0.4 is 5.32 Å². The Kier molecular flexibility index (Phi) is 49.7. The first-order valence-corrected chi connectivity index (χ1v) is 26.9. The number of unbranched alkanes of at least 4 members (excludes halogenated alkanes) is 41. The smallest absolute Gasteiger partial charge is 0.220 e. The SMILES string of the molecule is CCCCCCCCCC/C=C\CCCCCCCCCCCCCCCCCCCC(=O)NC(CO)C(O)CCCCCCCCCCCCCCCCCCC. The Morgan fingerprint density at radius 1 is 0.397 bits per heavy atom. The lowest BCUT2D eigenvalue weighted by Crippen LogP contribution is -2.45. The van der Waals surface area contributed by atoms with Crippen molar-refractivity contribution in [3.8, 4) is 0 Å². The van der Waals surface area contributed by atoms with Gasteiger partial charge < -0.3 is 15.5 Å². The molecule has 58 heavy (non-hydrogen) atoms. The number of amides is 1. The fraction of sp³-hybridized carbons (Fsp3) is 0.944. The number of rotatable bonds is 50. The Morgan fingerprint density at radius 2 is 0.655 bits per heavy atom. The Morgan fingerprint density at radius 3 is 0.948 bits per heavy atom. The van der Waals surface area contributed by atoms with E-state index in [0.717, 1.165) is 25.7 Å². The second-order valence-electron chi connectivity index (χ2n) is 18.7. The summed E-state index contributed by atoms with van der Waals surface area (Å²) in [5.74, 6) is -0.0248. The molecule has 0 bridgehead atoms. The van der Waals surface area contributed by atoms with E-state index >= 15 is 0 Å². The minimum absolute atomic E-state index is 0.0248. The molecule has 346 valence electrons. The quantitative estimate of drug-likeness (QED) is 0.0423. The predicted molar refractivity (Wildman–Crippen MR) is 258 cm³/mol. The minimum Gasteiger partial charge on any atom is -0.394 e. The van der Waals surface area contributed by atoms with Crippen LogP contribution in [-0.2, 0) is 4.79 Å². The summed E-state index contributed by atoms with van der Waals surface area (Å²) >= 11 is 0. The lowest BCUT2D eigenvalue weighted by atomic mass is 10.0. The van der Waals surface area contributed by atoms with Gasteiger partial charge in [0.1, 0.15) is 0 Å². The number of aliphatic hydroxyl groups is 2. The fourth-order valence-electron chi connectivity index (χ4n) is 8.65. The van der Waals surface area contributed by atoms with Gasteiger partial charge in [-0.15, -0.1) is 0 Å². The summed E-state index contributed by atoms with van der Waals surface area (Å²) in [5, 5.41) is 23.3. The number of hydrogen-bond acceptors (Lipinski definition) is 3. The van der Waals surface area contributed by atoms with Crippen LogP contribution in [0.2, 0.25) is 0 Å². The molecular weight excluding hydrogens is 711 g/mol. The zero-order valence-corrected chi connectivity index (χ0v) is 39.8. The van der Waals surface area contributed by atoms with E-state index < -0.39 is 12.1 Å². The standard InChI is InChI=1S/C54H107NO3/c1-3-5-7-9-11-13-15-17-19-21-22-23-24-25-26-27-28-29-30-31-32-34-36-38-40-42-44-46-48-50-54(58)55-52(51-56)53(57)49-47-45-43-41-39-37-35-33-20-18-16-14-12-10-8-6-4-2/h21-22,52-53,56-57H,3-20,23-51H2,1-2H3,(H,55,58)/b22-21-. The van der Waals surface area contributed by atoms with Crippen molar-refractivity contribution in [1.82, 2.24) is 5.32 Å². The molecular formula is C54H107NO3. The van der Waals surface area contributed by atoms with E-state index in [1.54, 1.807) is 0 Å². The molecule has 0 aromatic carbocycles. The molecule has 0 aliphatic rings. The van der Waals surface area contributed by atoms with Gasteiger partial charge in [-0.3, -0.25) is 4.79 Å². The number of carbonyl (C=O) groups is 1. The van der Waals surface area contributed by atoms with Crippen molar-refractivity contribution in [2.24, 2.45) is 0 Å². The van der Waals surface area contributed by atoms with Gasteiger partial charge in [0, 0.05) is 6.42 Å². The van der Waals surface area contributed by atoms with Crippen molar-refractivity contribution in [3.05, 3.63) is 12.2 Å². The van der Waals surface area contributed by atoms with E-state index in [1.165, 1.54) is 257 Å². The summed E-state index contributed by atoms with van der Waals surface area (Å²) in [6.45, 7) is 4.39. The number of carbonyl (C=O) groups excluding carboxylic acids is 1.